The lowest BCUT2D eigenvalue weighted by molar-refractivity contribution is 0.390. The first-order chi connectivity index (χ1) is 9.08. The quantitative estimate of drug-likeness (QED) is 0.920. The number of benzene rings is 1. The van der Waals surface area contributed by atoms with Crippen LogP contribution in [-0.2, 0) is 10.0 Å². The van der Waals surface area contributed by atoms with Crippen molar-refractivity contribution in [2.45, 2.75) is 36.6 Å². The van der Waals surface area contributed by atoms with Crippen LogP contribution in [0.15, 0.2) is 29.2 Å². The van der Waals surface area contributed by atoms with Gasteiger partial charge in [0.1, 0.15) is 5.75 Å². The molecule has 0 unspecified atom stereocenters. The predicted molar refractivity (Wildman–Crippen MR) is 72.6 cm³/mol. The van der Waals surface area contributed by atoms with E-state index in [1.165, 1.54) is 19.3 Å². The van der Waals surface area contributed by atoms with Crippen LogP contribution in [0.4, 0.5) is 0 Å². The normalized spacial score (nSPS) is 29.6. The Hall–Kier alpha value is -1.07. The number of fused-ring (bicyclic) bond motifs is 2. The SMILES string of the molecule is COc1ccc(S(=O)(=O)N[C@H]2C[C@H]3CC[C@H]2C3)cc1. The minimum atomic E-state index is -3.40. The fourth-order valence-corrected chi connectivity index (χ4v) is 4.73. The van der Waals surface area contributed by atoms with Crippen LogP contribution in [0.25, 0.3) is 0 Å². The molecule has 0 saturated heterocycles. The van der Waals surface area contributed by atoms with Gasteiger partial charge in [0.25, 0.3) is 0 Å². The zero-order valence-electron chi connectivity index (χ0n) is 11.0. The molecule has 1 aromatic carbocycles. The highest BCUT2D eigenvalue weighted by Gasteiger charge is 2.41. The Balaban J connectivity index is 1.75. The van der Waals surface area contributed by atoms with E-state index in [0.717, 1.165) is 12.3 Å². The molecule has 1 N–H and O–H groups in total. The van der Waals surface area contributed by atoms with E-state index in [2.05, 4.69) is 4.72 Å². The average Bonchev–Trinajstić information content (AvgIpc) is 3.00. The van der Waals surface area contributed by atoms with Gasteiger partial charge in [0, 0.05) is 6.04 Å². The second kappa shape index (κ2) is 4.80. The van der Waals surface area contributed by atoms with Crippen LogP contribution in [0.2, 0.25) is 0 Å². The molecule has 0 aliphatic heterocycles. The van der Waals surface area contributed by atoms with E-state index in [-0.39, 0.29) is 6.04 Å². The molecule has 0 aromatic heterocycles. The third kappa shape index (κ3) is 2.49. The predicted octanol–water partition coefficient (Wildman–Crippen LogP) is 2.16. The Labute approximate surface area is 114 Å². The van der Waals surface area contributed by atoms with Gasteiger partial charge in [0.15, 0.2) is 0 Å². The highest BCUT2D eigenvalue weighted by molar-refractivity contribution is 7.89. The van der Waals surface area contributed by atoms with Crippen LogP contribution in [0, 0.1) is 11.8 Å². The molecule has 3 atom stereocenters. The van der Waals surface area contributed by atoms with Gasteiger partial charge in [-0.25, -0.2) is 13.1 Å². The summed E-state index contributed by atoms with van der Waals surface area (Å²) >= 11 is 0. The molecule has 4 nitrogen and oxygen atoms in total. The van der Waals surface area contributed by atoms with Gasteiger partial charge in [-0.05, 0) is 55.4 Å². The summed E-state index contributed by atoms with van der Waals surface area (Å²) in [5.41, 5.74) is 0. The zero-order valence-corrected chi connectivity index (χ0v) is 11.8. The molecule has 2 saturated carbocycles. The van der Waals surface area contributed by atoms with Crippen molar-refractivity contribution in [3.63, 3.8) is 0 Å². The maximum atomic E-state index is 12.3. The van der Waals surface area contributed by atoms with Gasteiger partial charge in [-0.1, -0.05) is 6.42 Å². The van der Waals surface area contributed by atoms with Gasteiger partial charge in [0.05, 0.1) is 12.0 Å². The van der Waals surface area contributed by atoms with E-state index >= 15 is 0 Å². The molecule has 2 aliphatic carbocycles. The average molecular weight is 281 g/mol. The summed E-state index contributed by atoms with van der Waals surface area (Å²) in [6, 6.07) is 6.67. The molecule has 5 heteroatoms. The van der Waals surface area contributed by atoms with E-state index in [1.54, 1.807) is 31.4 Å². The maximum Gasteiger partial charge on any atom is 0.240 e. The summed E-state index contributed by atoms with van der Waals surface area (Å²) in [7, 11) is -1.83. The standard InChI is InChI=1S/C14H19NO3S/c1-18-12-4-6-13(7-5-12)19(16,17)15-14-9-10-2-3-11(14)8-10/h4-7,10-11,14-15H,2-3,8-9H2,1H3/t10-,11-,14-/m0/s1. The molecule has 0 spiro atoms. The van der Waals surface area contributed by atoms with Crippen LogP contribution >= 0.6 is 0 Å². The minimum absolute atomic E-state index is 0.130. The summed E-state index contributed by atoms with van der Waals surface area (Å²) in [4.78, 5) is 0.316. The van der Waals surface area contributed by atoms with E-state index in [4.69, 9.17) is 4.74 Å². The molecule has 3 rings (SSSR count). The van der Waals surface area contributed by atoms with Gasteiger partial charge < -0.3 is 4.74 Å². The number of hydrogen-bond acceptors (Lipinski definition) is 3. The summed E-state index contributed by atoms with van der Waals surface area (Å²) in [6.45, 7) is 0. The summed E-state index contributed by atoms with van der Waals surface area (Å²) in [5, 5.41) is 0. The monoisotopic (exact) mass is 281 g/mol. The Kier molecular flexibility index (Phi) is 3.27. The van der Waals surface area contributed by atoms with Crippen LogP contribution in [0.1, 0.15) is 25.7 Å². The van der Waals surface area contributed by atoms with Crippen LogP contribution < -0.4 is 9.46 Å². The van der Waals surface area contributed by atoms with Gasteiger partial charge in [-0.3, -0.25) is 0 Å². The molecule has 0 radical (unpaired) electrons. The lowest BCUT2D eigenvalue weighted by Gasteiger charge is -2.22. The first-order valence-corrected chi connectivity index (χ1v) is 8.23. The fraction of sp³-hybridized carbons (Fsp3) is 0.571. The number of rotatable bonds is 4. The lowest BCUT2D eigenvalue weighted by Crippen LogP contribution is -2.38. The minimum Gasteiger partial charge on any atom is -0.497 e. The van der Waals surface area contributed by atoms with Crippen molar-refractivity contribution in [2.24, 2.45) is 11.8 Å². The summed E-state index contributed by atoms with van der Waals surface area (Å²) in [5.74, 6) is 1.94. The zero-order chi connectivity index (χ0) is 13.5. The third-order valence-electron chi connectivity index (χ3n) is 4.41. The first-order valence-electron chi connectivity index (χ1n) is 6.75. The molecule has 1 aromatic rings. The van der Waals surface area contributed by atoms with E-state index in [9.17, 15) is 8.42 Å². The third-order valence-corrected chi connectivity index (χ3v) is 5.92. The molecular formula is C14H19NO3S. The molecule has 2 aliphatic rings. The highest BCUT2D eigenvalue weighted by atomic mass is 32.2. The largest absolute Gasteiger partial charge is 0.497 e. The van der Waals surface area contributed by atoms with Crippen LogP contribution in [0.3, 0.4) is 0 Å². The molecule has 2 fully saturated rings. The van der Waals surface area contributed by atoms with Crippen molar-refractivity contribution >= 4 is 10.0 Å². The summed E-state index contributed by atoms with van der Waals surface area (Å²) in [6.07, 6.45) is 4.63. The Morgan fingerprint density at radius 3 is 2.42 bits per heavy atom. The Bertz CT molecular complexity index is 553. The molecule has 2 bridgehead atoms. The molecule has 0 heterocycles. The van der Waals surface area contributed by atoms with Gasteiger partial charge >= 0.3 is 0 Å². The van der Waals surface area contributed by atoms with E-state index in [1.807, 2.05) is 0 Å². The number of methoxy groups -OCH3 is 1. The fourth-order valence-electron chi connectivity index (χ4n) is 3.41. The Morgan fingerprint density at radius 2 is 1.89 bits per heavy atom. The van der Waals surface area contributed by atoms with Crippen LogP contribution in [0.5, 0.6) is 5.75 Å². The van der Waals surface area contributed by atoms with Crippen molar-refractivity contribution in [3.05, 3.63) is 24.3 Å². The molecular weight excluding hydrogens is 262 g/mol. The first kappa shape index (κ1) is 12.9. The van der Waals surface area contributed by atoms with Crippen molar-refractivity contribution < 1.29 is 13.2 Å². The molecule has 104 valence electrons. The number of ether oxygens (including phenoxy) is 1. The molecule has 0 amide bonds. The van der Waals surface area contributed by atoms with Crippen molar-refractivity contribution in [1.82, 2.24) is 4.72 Å². The topological polar surface area (TPSA) is 55.4 Å². The van der Waals surface area contributed by atoms with E-state index < -0.39 is 10.0 Å². The Morgan fingerprint density at radius 1 is 1.16 bits per heavy atom. The van der Waals surface area contributed by atoms with Crippen molar-refractivity contribution in [1.29, 1.82) is 0 Å². The van der Waals surface area contributed by atoms with Gasteiger partial charge in [-0.15, -0.1) is 0 Å². The number of hydrogen-bond donors (Lipinski definition) is 1. The van der Waals surface area contributed by atoms with E-state index in [0.29, 0.717) is 16.6 Å². The lowest BCUT2D eigenvalue weighted by atomic mass is 9.96. The van der Waals surface area contributed by atoms with Crippen molar-refractivity contribution in [3.8, 4) is 5.75 Å². The van der Waals surface area contributed by atoms with Gasteiger partial charge in [-0.2, -0.15) is 0 Å². The second-order valence-corrected chi connectivity index (χ2v) is 7.29. The summed E-state index contributed by atoms with van der Waals surface area (Å²) < 4.78 is 32.5. The van der Waals surface area contributed by atoms with Gasteiger partial charge in [0.2, 0.25) is 10.0 Å². The van der Waals surface area contributed by atoms with Crippen molar-refractivity contribution in [2.75, 3.05) is 7.11 Å². The highest BCUT2D eigenvalue weighted by Crippen LogP contribution is 2.44. The maximum absolute atomic E-state index is 12.3. The molecule has 19 heavy (non-hydrogen) atoms. The number of sulfonamides is 1. The number of nitrogens with one attached hydrogen (secondary N) is 1. The second-order valence-electron chi connectivity index (χ2n) is 5.58. The smallest absolute Gasteiger partial charge is 0.240 e. The van der Waals surface area contributed by atoms with Crippen LogP contribution in [-0.4, -0.2) is 21.6 Å².